The van der Waals surface area contributed by atoms with Gasteiger partial charge in [-0.2, -0.15) is 0 Å². The summed E-state index contributed by atoms with van der Waals surface area (Å²) in [6.07, 6.45) is 2.46. The summed E-state index contributed by atoms with van der Waals surface area (Å²) in [7, 11) is 1.82. The molecule has 1 saturated carbocycles. The zero-order valence-corrected chi connectivity index (χ0v) is 20.4. The van der Waals surface area contributed by atoms with Crippen molar-refractivity contribution < 1.29 is 9.47 Å². The molecule has 2 N–H and O–H groups in total. The van der Waals surface area contributed by atoms with E-state index in [0.29, 0.717) is 19.8 Å². The highest BCUT2D eigenvalue weighted by molar-refractivity contribution is 14.0. The Bertz CT molecular complexity index is 779. The van der Waals surface area contributed by atoms with E-state index in [1.807, 2.05) is 14.0 Å². The first-order valence-corrected chi connectivity index (χ1v) is 10.5. The van der Waals surface area contributed by atoms with Crippen LogP contribution in [0.15, 0.2) is 59.6 Å². The zero-order valence-electron chi connectivity index (χ0n) is 18.0. The maximum absolute atomic E-state index is 5.67. The van der Waals surface area contributed by atoms with E-state index in [2.05, 4.69) is 70.2 Å². The Morgan fingerprint density at radius 1 is 0.967 bits per heavy atom. The van der Waals surface area contributed by atoms with Crippen LogP contribution in [0.2, 0.25) is 0 Å². The lowest BCUT2D eigenvalue weighted by Crippen LogP contribution is -2.40. The molecule has 0 aliphatic heterocycles. The van der Waals surface area contributed by atoms with Crippen LogP contribution in [0.3, 0.4) is 0 Å². The van der Waals surface area contributed by atoms with Gasteiger partial charge in [-0.1, -0.05) is 54.6 Å². The van der Waals surface area contributed by atoms with Crippen molar-refractivity contribution in [2.75, 3.05) is 33.4 Å². The van der Waals surface area contributed by atoms with Crippen molar-refractivity contribution in [1.82, 2.24) is 10.6 Å². The predicted molar refractivity (Wildman–Crippen MR) is 134 cm³/mol. The average molecular weight is 523 g/mol. The minimum absolute atomic E-state index is 0. The van der Waals surface area contributed by atoms with E-state index in [-0.39, 0.29) is 29.4 Å². The van der Waals surface area contributed by atoms with Gasteiger partial charge in [0.1, 0.15) is 0 Å². The number of aliphatic imine (C=N–C) groups is 1. The van der Waals surface area contributed by atoms with Crippen LogP contribution in [0.1, 0.15) is 36.5 Å². The molecular formula is C24H34IN3O2. The standard InChI is InChI=1S/C24H33N3O2.HI/c1-3-28-14-15-29-18-21-9-7-8-20(16-21)17-26-23(25-2)27-19-24(12-13-24)22-10-5-4-6-11-22;/h4-11,16H,3,12-15,17-19H2,1-2H3,(H2,25,26,27);1H. The SMILES string of the molecule is CCOCCOCc1cccc(CNC(=NC)NCC2(c3ccccc3)CC2)c1.I. The van der Waals surface area contributed by atoms with Crippen LogP contribution in [0.5, 0.6) is 0 Å². The third-order valence-electron chi connectivity index (χ3n) is 5.35. The lowest BCUT2D eigenvalue weighted by atomic mass is 9.96. The molecule has 2 aromatic carbocycles. The highest BCUT2D eigenvalue weighted by Crippen LogP contribution is 2.47. The summed E-state index contributed by atoms with van der Waals surface area (Å²) in [4.78, 5) is 4.38. The fraction of sp³-hybridized carbons (Fsp3) is 0.458. The van der Waals surface area contributed by atoms with Crippen molar-refractivity contribution in [2.24, 2.45) is 4.99 Å². The smallest absolute Gasteiger partial charge is 0.191 e. The van der Waals surface area contributed by atoms with Crippen LogP contribution < -0.4 is 10.6 Å². The number of hydrogen-bond acceptors (Lipinski definition) is 3. The van der Waals surface area contributed by atoms with Gasteiger partial charge >= 0.3 is 0 Å². The molecule has 0 atom stereocenters. The molecule has 1 aliphatic rings. The second-order valence-electron chi connectivity index (χ2n) is 7.50. The van der Waals surface area contributed by atoms with Gasteiger partial charge in [-0.05, 0) is 36.5 Å². The summed E-state index contributed by atoms with van der Waals surface area (Å²) in [5.74, 6) is 0.838. The molecular weight excluding hydrogens is 489 g/mol. The van der Waals surface area contributed by atoms with Gasteiger partial charge in [0.15, 0.2) is 5.96 Å². The highest BCUT2D eigenvalue weighted by Gasteiger charge is 2.43. The monoisotopic (exact) mass is 523 g/mol. The van der Waals surface area contributed by atoms with Gasteiger partial charge in [-0.3, -0.25) is 4.99 Å². The number of halogens is 1. The van der Waals surface area contributed by atoms with E-state index in [0.717, 1.165) is 25.7 Å². The molecule has 1 aliphatic carbocycles. The minimum Gasteiger partial charge on any atom is -0.379 e. The average Bonchev–Trinajstić information content (AvgIpc) is 3.56. The second-order valence-corrected chi connectivity index (χ2v) is 7.50. The Kier molecular flexibility index (Phi) is 10.6. The van der Waals surface area contributed by atoms with Crippen LogP contribution in [0.25, 0.3) is 0 Å². The van der Waals surface area contributed by atoms with Crippen molar-refractivity contribution in [3.63, 3.8) is 0 Å². The Balaban J connectivity index is 0.00000320. The van der Waals surface area contributed by atoms with Crippen molar-refractivity contribution in [3.8, 4) is 0 Å². The Hall–Kier alpha value is -1.64. The third kappa shape index (κ3) is 7.56. The van der Waals surface area contributed by atoms with Gasteiger partial charge in [0.25, 0.3) is 0 Å². The van der Waals surface area contributed by atoms with E-state index in [4.69, 9.17) is 9.47 Å². The van der Waals surface area contributed by atoms with Gasteiger partial charge < -0.3 is 20.1 Å². The predicted octanol–water partition coefficient (Wildman–Crippen LogP) is 4.25. The molecule has 0 spiro atoms. The molecule has 2 aromatic rings. The summed E-state index contributed by atoms with van der Waals surface area (Å²) in [6.45, 7) is 6.22. The molecule has 0 aromatic heterocycles. The number of rotatable bonds is 11. The van der Waals surface area contributed by atoms with E-state index >= 15 is 0 Å². The van der Waals surface area contributed by atoms with Gasteiger partial charge in [-0.15, -0.1) is 24.0 Å². The van der Waals surface area contributed by atoms with Crippen LogP contribution in [0, 0.1) is 0 Å². The number of ether oxygens (including phenoxy) is 2. The van der Waals surface area contributed by atoms with Gasteiger partial charge in [0.05, 0.1) is 19.8 Å². The molecule has 6 heteroatoms. The maximum atomic E-state index is 5.67. The summed E-state index contributed by atoms with van der Waals surface area (Å²) in [6, 6.07) is 19.2. The first kappa shape index (κ1) is 24.6. The quantitative estimate of drug-likeness (QED) is 0.200. The molecule has 0 bridgehead atoms. The number of guanidine groups is 1. The number of hydrogen-bond donors (Lipinski definition) is 2. The molecule has 164 valence electrons. The lowest BCUT2D eigenvalue weighted by Gasteiger charge is -2.19. The number of nitrogens with one attached hydrogen (secondary N) is 2. The minimum atomic E-state index is 0. The number of benzene rings is 2. The summed E-state index contributed by atoms with van der Waals surface area (Å²) in [5.41, 5.74) is 4.06. The van der Waals surface area contributed by atoms with Crippen molar-refractivity contribution >= 4 is 29.9 Å². The molecule has 0 saturated heterocycles. The number of nitrogens with zero attached hydrogens (tertiary/aromatic N) is 1. The molecule has 0 heterocycles. The Morgan fingerprint density at radius 2 is 1.70 bits per heavy atom. The second kappa shape index (κ2) is 12.9. The van der Waals surface area contributed by atoms with Crippen LogP contribution in [-0.4, -0.2) is 39.4 Å². The molecule has 0 radical (unpaired) electrons. The highest BCUT2D eigenvalue weighted by atomic mass is 127. The summed E-state index contributed by atoms with van der Waals surface area (Å²) >= 11 is 0. The largest absolute Gasteiger partial charge is 0.379 e. The topological polar surface area (TPSA) is 54.9 Å². The zero-order chi connectivity index (χ0) is 20.4. The lowest BCUT2D eigenvalue weighted by molar-refractivity contribution is 0.0453. The van der Waals surface area contributed by atoms with Crippen LogP contribution in [0.4, 0.5) is 0 Å². The Labute approximate surface area is 197 Å². The molecule has 5 nitrogen and oxygen atoms in total. The first-order chi connectivity index (χ1) is 14.3. The van der Waals surface area contributed by atoms with Crippen molar-refractivity contribution in [1.29, 1.82) is 0 Å². The summed E-state index contributed by atoms with van der Waals surface area (Å²) in [5, 5.41) is 6.94. The normalized spacial score (nSPS) is 14.7. The van der Waals surface area contributed by atoms with Crippen molar-refractivity contribution in [3.05, 3.63) is 71.3 Å². The van der Waals surface area contributed by atoms with Gasteiger partial charge in [0, 0.05) is 32.2 Å². The van der Waals surface area contributed by atoms with E-state index in [1.54, 1.807) is 0 Å². The van der Waals surface area contributed by atoms with Crippen LogP contribution >= 0.6 is 24.0 Å². The first-order valence-electron chi connectivity index (χ1n) is 10.5. The van der Waals surface area contributed by atoms with E-state index in [9.17, 15) is 0 Å². The summed E-state index contributed by atoms with van der Waals surface area (Å²) < 4.78 is 11.0. The molecule has 1 fully saturated rings. The van der Waals surface area contributed by atoms with Crippen molar-refractivity contribution in [2.45, 2.75) is 38.3 Å². The van der Waals surface area contributed by atoms with Crippen LogP contribution in [-0.2, 0) is 28.0 Å². The third-order valence-corrected chi connectivity index (χ3v) is 5.35. The Morgan fingerprint density at radius 3 is 2.40 bits per heavy atom. The van der Waals surface area contributed by atoms with Gasteiger partial charge in [0.2, 0.25) is 0 Å². The fourth-order valence-electron chi connectivity index (χ4n) is 3.45. The van der Waals surface area contributed by atoms with E-state index < -0.39 is 0 Å². The van der Waals surface area contributed by atoms with Gasteiger partial charge in [-0.25, -0.2) is 0 Å². The van der Waals surface area contributed by atoms with E-state index in [1.165, 1.54) is 29.5 Å². The fourth-order valence-corrected chi connectivity index (χ4v) is 3.45. The maximum Gasteiger partial charge on any atom is 0.191 e. The molecule has 30 heavy (non-hydrogen) atoms. The molecule has 0 amide bonds. The molecule has 0 unspecified atom stereocenters. The molecule has 3 rings (SSSR count).